The summed E-state index contributed by atoms with van der Waals surface area (Å²) in [5.74, 6) is 0. The molecule has 0 aliphatic heterocycles. The summed E-state index contributed by atoms with van der Waals surface area (Å²) >= 11 is 0. The van der Waals surface area contributed by atoms with Crippen LogP contribution in [0.1, 0.15) is 47.6 Å². The number of aryl methyl sites for hydroxylation is 2. The minimum atomic E-state index is 1.18. The molecule has 0 heteroatoms. The first kappa shape index (κ1) is 11.3. The van der Waals surface area contributed by atoms with Crippen molar-refractivity contribution in [3.8, 4) is 0 Å². The van der Waals surface area contributed by atoms with Gasteiger partial charge in [-0.25, -0.2) is 0 Å². The van der Waals surface area contributed by atoms with Crippen LogP contribution < -0.4 is 0 Å². The zero-order chi connectivity index (χ0) is 10.7. The van der Waals surface area contributed by atoms with Crippen LogP contribution in [0.4, 0.5) is 0 Å². The first-order valence-corrected chi connectivity index (χ1v) is 5.48. The van der Waals surface area contributed by atoms with Gasteiger partial charge in [-0.15, -0.1) is 0 Å². The summed E-state index contributed by atoms with van der Waals surface area (Å²) in [5, 5.41) is 0. The molecule has 1 aromatic carbocycles. The van der Waals surface area contributed by atoms with Crippen LogP contribution in [0.25, 0.3) is 0 Å². The van der Waals surface area contributed by atoms with E-state index >= 15 is 0 Å². The molecule has 0 aliphatic carbocycles. The minimum Gasteiger partial charge on any atom is -0.0654 e. The third kappa shape index (κ3) is 2.17. The minimum absolute atomic E-state index is 1.18. The number of hydrogen-bond acceptors (Lipinski definition) is 0. The maximum absolute atomic E-state index is 2.37. The average molecular weight is 189 g/mol. The van der Waals surface area contributed by atoms with Gasteiger partial charge in [0.05, 0.1) is 0 Å². The summed E-state index contributed by atoms with van der Waals surface area (Å²) in [7, 11) is 0. The molecule has 14 heavy (non-hydrogen) atoms. The van der Waals surface area contributed by atoms with Crippen molar-refractivity contribution < 1.29 is 0 Å². The van der Waals surface area contributed by atoms with Crippen molar-refractivity contribution in [1.82, 2.24) is 0 Å². The fraction of sp³-hybridized carbons (Fsp3) is 0.500. The third-order valence-electron chi connectivity index (χ3n) is 3.05. The highest BCUT2D eigenvalue weighted by Crippen LogP contribution is 2.23. The first-order chi connectivity index (χ1) is 6.57. The van der Waals surface area contributed by atoms with Gasteiger partial charge in [-0.1, -0.05) is 19.4 Å². The smallest absolute Gasteiger partial charge is 0.00876 e. The summed E-state index contributed by atoms with van der Waals surface area (Å²) < 4.78 is 0. The van der Waals surface area contributed by atoms with Gasteiger partial charge in [0, 0.05) is 0 Å². The highest BCUT2D eigenvalue weighted by atomic mass is 14.1. The SMILES string of the molecule is CCC[CH]c1c(C)cc(C)c(C)c1C. The molecule has 77 valence electrons. The Kier molecular flexibility index (Phi) is 3.74. The maximum Gasteiger partial charge on any atom is -0.00876 e. The second kappa shape index (κ2) is 4.63. The van der Waals surface area contributed by atoms with E-state index in [1.807, 2.05) is 0 Å². The number of benzene rings is 1. The van der Waals surface area contributed by atoms with E-state index in [-0.39, 0.29) is 0 Å². The highest BCUT2D eigenvalue weighted by molar-refractivity contribution is 5.47. The van der Waals surface area contributed by atoms with Crippen LogP contribution in [-0.2, 0) is 0 Å². The van der Waals surface area contributed by atoms with Gasteiger partial charge in [0.2, 0.25) is 0 Å². The molecule has 0 aromatic heterocycles. The van der Waals surface area contributed by atoms with Crippen molar-refractivity contribution >= 4 is 0 Å². The fourth-order valence-corrected chi connectivity index (χ4v) is 1.91. The summed E-state index contributed by atoms with van der Waals surface area (Å²) in [4.78, 5) is 0. The standard InChI is InChI=1S/C14H21/c1-6-7-8-14-11(3)9-10(2)12(4)13(14)5/h8-9H,6-7H2,1-5H3. The molecule has 0 saturated heterocycles. The van der Waals surface area contributed by atoms with Crippen LogP contribution in [0.15, 0.2) is 6.07 Å². The Morgan fingerprint density at radius 3 is 2.21 bits per heavy atom. The summed E-state index contributed by atoms with van der Waals surface area (Å²) in [6.45, 7) is 11.1. The largest absolute Gasteiger partial charge is 0.0654 e. The molecule has 0 unspecified atom stereocenters. The van der Waals surface area contributed by atoms with E-state index in [2.05, 4.69) is 47.1 Å². The molecular formula is C14H21. The molecule has 0 amide bonds. The van der Waals surface area contributed by atoms with E-state index in [4.69, 9.17) is 0 Å². The average Bonchev–Trinajstić information content (AvgIpc) is 2.14. The molecule has 0 atom stereocenters. The lowest BCUT2D eigenvalue weighted by atomic mass is 9.91. The Labute approximate surface area is 88.4 Å². The molecular weight excluding hydrogens is 168 g/mol. The van der Waals surface area contributed by atoms with Gasteiger partial charge in [-0.3, -0.25) is 0 Å². The van der Waals surface area contributed by atoms with Crippen molar-refractivity contribution in [1.29, 1.82) is 0 Å². The molecule has 1 aromatic rings. The predicted octanol–water partition coefficient (Wildman–Crippen LogP) is 4.27. The van der Waals surface area contributed by atoms with Gasteiger partial charge < -0.3 is 0 Å². The van der Waals surface area contributed by atoms with Crippen LogP contribution in [0.3, 0.4) is 0 Å². The molecule has 0 heterocycles. The zero-order valence-electron chi connectivity index (χ0n) is 10.1. The molecule has 0 spiro atoms. The molecule has 0 N–H and O–H groups in total. The second-order valence-corrected chi connectivity index (χ2v) is 4.17. The highest BCUT2D eigenvalue weighted by Gasteiger charge is 2.07. The van der Waals surface area contributed by atoms with Gasteiger partial charge in [-0.05, 0) is 68.4 Å². The van der Waals surface area contributed by atoms with Crippen LogP contribution in [0, 0.1) is 34.1 Å². The Balaban J connectivity index is 3.09. The van der Waals surface area contributed by atoms with Crippen molar-refractivity contribution in [3.63, 3.8) is 0 Å². The van der Waals surface area contributed by atoms with E-state index < -0.39 is 0 Å². The van der Waals surface area contributed by atoms with Crippen molar-refractivity contribution in [2.75, 3.05) is 0 Å². The van der Waals surface area contributed by atoms with Crippen LogP contribution in [0.5, 0.6) is 0 Å². The summed E-state index contributed by atoms with van der Waals surface area (Å²) in [6.07, 6.45) is 4.78. The van der Waals surface area contributed by atoms with Crippen LogP contribution >= 0.6 is 0 Å². The molecule has 1 rings (SSSR count). The lowest BCUT2D eigenvalue weighted by Gasteiger charge is -2.14. The molecule has 0 fully saturated rings. The Morgan fingerprint density at radius 1 is 1.00 bits per heavy atom. The number of rotatable bonds is 3. The van der Waals surface area contributed by atoms with Crippen LogP contribution in [0.2, 0.25) is 0 Å². The van der Waals surface area contributed by atoms with Gasteiger partial charge in [0.1, 0.15) is 0 Å². The topological polar surface area (TPSA) is 0 Å². The van der Waals surface area contributed by atoms with Gasteiger partial charge in [0.25, 0.3) is 0 Å². The molecule has 0 saturated carbocycles. The quantitative estimate of drug-likeness (QED) is 0.666. The number of hydrogen-bond donors (Lipinski definition) is 0. The normalized spacial score (nSPS) is 10.6. The Bertz CT molecular complexity index is 321. The zero-order valence-corrected chi connectivity index (χ0v) is 10.1. The van der Waals surface area contributed by atoms with Gasteiger partial charge >= 0.3 is 0 Å². The lowest BCUT2D eigenvalue weighted by Crippen LogP contribution is -1.97. The Hall–Kier alpha value is -0.780. The van der Waals surface area contributed by atoms with Crippen molar-refractivity contribution in [2.24, 2.45) is 0 Å². The van der Waals surface area contributed by atoms with Crippen molar-refractivity contribution in [3.05, 3.63) is 40.3 Å². The molecule has 0 bridgehead atoms. The lowest BCUT2D eigenvalue weighted by molar-refractivity contribution is 0.906. The fourth-order valence-electron chi connectivity index (χ4n) is 1.91. The third-order valence-corrected chi connectivity index (χ3v) is 3.05. The second-order valence-electron chi connectivity index (χ2n) is 4.17. The van der Waals surface area contributed by atoms with E-state index in [0.717, 1.165) is 0 Å². The Morgan fingerprint density at radius 2 is 1.64 bits per heavy atom. The molecule has 0 nitrogen and oxygen atoms in total. The molecule has 0 aliphatic rings. The van der Waals surface area contributed by atoms with E-state index in [0.29, 0.717) is 0 Å². The van der Waals surface area contributed by atoms with Crippen molar-refractivity contribution in [2.45, 2.75) is 47.5 Å². The monoisotopic (exact) mass is 189 g/mol. The maximum atomic E-state index is 2.37. The van der Waals surface area contributed by atoms with Gasteiger partial charge in [-0.2, -0.15) is 0 Å². The summed E-state index contributed by atoms with van der Waals surface area (Å²) in [5.41, 5.74) is 7.18. The van der Waals surface area contributed by atoms with E-state index in [1.54, 1.807) is 0 Å². The summed E-state index contributed by atoms with van der Waals surface area (Å²) in [6, 6.07) is 2.30. The van der Waals surface area contributed by atoms with Gasteiger partial charge in [0.15, 0.2) is 0 Å². The van der Waals surface area contributed by atoms with E-state index in [1.165, 1.54) is 40.7 Å². The molecule has 1 radical (unpaired) electrons. The first-order valence-electron chi connectivity index (χ1n) is 5.48. The van der Waals surface area contributed by atoms with Crippen LogP contribution in [-0.4, -0.2) is 0 Å². The number of unbranched alkanes of at least 4 members (excludes halogenated alkanes) is 1. The predicted molar refractivity (Wildman–Crippen MR) is 63.7 cm³/mol. The van der Waals surface area contributed by atoms with E-state index in [9.17, 15) is 0 Å².